The molecule has 1 rings (SSSR count). The summed E-state index contributed by atoms with van der Waals surface area (Å²) in [6.45, 7) is 6.07. The number of ether oxygens (including phenoxy) is 5. The molecule has 1 aliphatic rings. The summed E-state index contributed by atoms with van der Waals surface area (Å²) >= 11 is 0. The second-order valence-electron chi connectivity index (χ2n) is 9.50. The van der Waals surface area contributed by atoms with Gasteiger partial charge in [-0.2, -0.15) is 8.42 Å². The third-order valence-corrected chi connectivity index (χ3v) is 6.58. The van der Waals surface area contributed by atoms with Crippen molar-refractivity contribution in [3.05, 3.63) is 0 Å². The zero-order chi connectivity index (χ0) is 27.9. The maximum atomic E-state index is 12.1. The van der Waals surface area contributed by atoms with Crippen LogP contribution in [0, 0.1) is 0 Å². The largest absolute Gasteiger partial charge is 0.388 e. The molecule has 5 N–H and O–H groups in total. The molecule has 0 radical (unpaired) electrons. The Bertz CT molecular complexity index is 739. The number of likely N-dealkylation sites (N-methyl/N-ethyl adjacent to an activating group) is 1. The van der Waals surface area contributed by atoms with Crippen molar-refractivity contribution in [1.82, 2.24) is 5.32 Å². The molecule has 37 heavy (non-hydrogen) atoms. The van der Waals surface area contributed by atoms with E-state index in [0.29, 0.717) is 70.2 Å². The van der Waals surface area contributed by atoms with E-state index in [1.54, 1.807) is 0 Å². The van der Waals surface area contributed by atoms with Crippen LogP contribution < -0.4 is 5.32 Å². The summed E-state index contributed by atoms with van der Waals surface area (Å²) in [4.78, 5) is 12.1. The third-order valence-electron chi connectivity index (χ3n) is 5.78. The number of carbonyl (C=O) groups excluding carboxylic acids is 1. The normalized spacial score (nSPS) is 24.8. The van der Waals surface area contributed by atoms with Crippen LogP contribution in [0.4, 0.5) is 0 Å². The summed E-state index contributed by atoms with van der Waals surface area (Å²) in [6, 6.07) is 0. The standard InChI is InChI=1S/C22H44N2O12S/c1-17-18(25)19(26)20(27)21(36-17)22(28)23-5-8-32-10-12-34-14-15-35-13-11-33-9-7-24(2,3)6-4-16-37(29,30)31/h17-21,25-27H,4-16H2,1-3H3,(H-,23,28,29,30,31)/p+1/t17?,18-,19+,20-,21?/m0/s1. The smallest absolute Gasteiger partial charge is 0.265 e. The molecule has 0 aromatic carbocycles. The van der Waals surface area contributed by atoms with Gasteiger partial charge in [0.25, 0.3) is 16.0 Å². The molecule has 1 heterocycles. The first-order valence-corrected chi connectivity index (χ1v) is 14.0. The second-order valence-corrected chi connectivity index (χ2v) is 11.1. The molecular formula is C22H45N2O12S+. The highest BCUT2D eigenvalue weighted by atomic mass is 32.2. The zero-order valence-electron chi connectivity index (χ0n) is 22.0. The first-order valence-electron chi connectivity index (χ1n) is 12.4. The number of nitrogens with one attached hydrogen (secondary N) is 1. The Hall–Kier alpha value is -0.980. The number of hydrogen-bond acceptors (Lipinski definition) is 11. The molecule has 0 aromatic rings. The Morgan fingerprint density at radius 3 is 1.89 bits per heavy atom. The predicted molar refractivity (Wildman–Crippen MR) is 132 cm³/mol. The molecule has 0 aromatic heterocycles. The molecule has 1 amide bonds. The van der Waals surface area contributed by atoms with Crippen molar-refractivity contribution in [3.8, 4) is 0 Å². The van der Waals surface area contributed by atoms with Crippen LogP contribution in [0.15, 0.2) is 0 Å². The summed E-state index contributed by atoms with van der Waals surface area (Å²) in [6.07, 6.45) is -5.90. The fourth-order valence-electron chi connectivity index (χ4n) is 3.48. The van der Waals surface area contributed by atoms with Crippen LogP contribution >= 0.6 is 0 Å². The molecule has 1 saturated heterocycles. The zero-order valence-corrected chi connectivity index (χ0v) is 22.8. The van der Waals surface area contributed by atoms with Crippen LogP contribution in [0.2, 0.25) is 0 Å². The number of quaternary nitrogens is 1. The van der Waals surface area contributed by atoms with Crippen LogP contribution in [0.3, 0.4) is 0 Å². The van der Waals surface area contributed by atoms with E-state index in [9.17, 15) is 28.5 Å². The van der Waals surface area contributed by atoms with Gasteiger partial charge < -0.3 is 48.8 Å². The van der Waals surface area contributed by atoms with Crippen molar-refractivity contribution < 1.29 is 61.3 Å². The first-order chi connectivity index (χ1) is 17.3. The minimum absolute atomic E-state index is 0.183. The van der Waals surface area contributed by atoms with Gasteiger partial charge in [-0.25, -0.2) is 0 Å². The SMILES string of the molecule is CC1OC(C(=O)NCCOCCOCCOCCOCC[N+](C)(C)CCCS(=O)(=O)O)[C@@H](O)[C@H](O)[C@H]1O. The fourth-order valence-corrected chi connectivity index (χ4v) is 3.97. The van der Waals surface area contributed by atoms with Gasteiger partial charge in [-0.3, -0.25) is 9.35 Å². The summed E-state index contributed by atoms with van der Waals surface area (Å²) < 4.78 is 57.9. The van der Waals surface area contributed by atoms with E-state index < -0.39 is 46.5 Å². The highest BCUT2D eigenvalue weighted by Crippen LogP contribution is 2.20. The highest BCUT2D eigenvalue weighted by Gasteiger charge is 2.44. The number of rotatable bonds is 20. The summed E-state index contributed by atoms with van der Waals surface area (Å²) in [5, 5.41) is 31.9. The lowest BCUT2D eigenvalue weighted by Crippen LogP contribution is -2.60. The van der Waals surface area contributed by atoms with Crippen molar-refractivity contribution in [2.24, 2.45) is 0 Å². The molecule has 0 saturated carbocycles. The van der Waals surface area contributed by atoms with E-state index in [0.717, 1.165) is 0 Å². The molecule has 1 fully saturated rings. The van der Waals surface area contributed by atoms with Gasteiger partial charge >= 0.3 is 0 Å². The minimum atomic E-state index is -3.92. The molecule has 5 atom stereocenters. The van der Waals surface area contributed by atoms with Gasteiger partial charge in [0.15, 0.2) is 6.10 Å². The molecule has 0 bridgehead atoms. The first kappa shape index (κ1) is 34.0. The molecule has 0 spiro atoms. The molecule has 14 nitrogen and oxygen atoms in total. The quantitative estimate of drug-likeness (QED) is 0.0592. The minimum Gasteiger partial charge on any atom is -0.388 e. The number of amides is 1. The summed E-state index contributed by atoms with van der Waals surface area (Å²) in [5.41, 5.74) is 0. The molecule has 2 unspecified atom stereocenters. The number of nitrogens with zero attached hydrogens (tertiary/aromatic N) is 1. The van der Waals surface area contributed by atoms with Crippen LogP contribution in [-0.2, 0) is 38.6 Å². The van der Waals surface area contributed by atoms with Gasteiger partial charge in [0, 0.05) is 13.0 Å². The van der Waals surface area contributed by atoms with E-state index in [4.69, 9.17) is 28.2 Å². The average Bonchev–Trinajstić information content (AvgIpc) is 2.81. The molecule has 0 aliphatic carbocycles. The number of aliphatic hydroxyl groups is 3. The van der Waals surface area contributed by atoms with E-state index in [2.05, 4.69) is 5.32 Å². The Labute approximate surface area is 219 Å². The van der Waals surface area contributed by atoms with Crippen molar-refractivity contribution >= 4 is 16.0 Å². The van der Waals surface area contributed by atoms with Gasteiger partial charge in [-0.15, -0.1) is 0 Å². The van der Waals surface area contributed by atoms with Gasteiger partial charge in [0.05, 0.1) is 85.4 Å². The van der Waals surface area contributed by atoms with Crippen molar-refractivity contribution in [2.75, 3.05) is 92.3 Å². The summed E-state index contributed by atoms with van der Waals surface area (Å²) in [5.74, 6) is -0.832. The van der Waals surface area contributed by atoms with Gasteiger partial charge in [-0.05, 0) is 6.92 Å². The lowest BCUT2D eigenvalue weighted by molar-refractivity contribution is -0.890. The highest BCUT2D eigenvalue weighted by molar-refractivity contribution is 7.85. The topological polar surface area (TPSA) is 190 Å². The molecule has 15 heteroatoms. The van der Waals surface area contributed by atoms with Crippen LogP contribution in [0.1, 0.15) is 13.3 Å². The van der Waals surface area contributed by atoms with Gasteiger partial charge in [0.2, 0.25) is 0 Å². The van der Waals surface area contributed by atoms with E-state index in [1.807, 2.05) is 14.1 Å². The molecular weight excluding hydrogens is 516 g/mol. The van der Waals surface area contributed by atoms with Crippen LogP contribution in [0.5, 0.6) is 0 Å². The molecule has 220 valence electrons. The number of aliphatic hydroxyl groups excluding tert-OH is 3. The van der Waals surface area contributed by atoms with E-state index in [1.165, 1.54) is 6.92 Å². The Kier molecular flexibility index (Phi) is 16.2. The van der Waals surface area contributed by atoms with Gasteiger partial charge in [-0.1, -0.05) is 0 Å². The lowest BCUT2D eigenvalue weighted by Gasteiger charge is -2.38. The van der Waals surface area contributed by atoms with Crippen molar-refractivity contribution in [1.29, 1.82) is 0 Å². The lowest BCUT2D eigenvalue weighted by atomic mass is 9.95. The fraction of sp³-hybridized carbons (Fsp3) is 0.955. The van der Waals surface area contributed by atoms with Crippen molar-refractivity contribution in [3.63, 3.8) is 0 Å². The van der Waals surface area contributed by atoms with Crippen LogP contribution in [-0.4, -0.2) is 162 Å². The van der Waals surface area contributed by atoms with Crippen LogP contribution in [0.25, 0.3) is 0 Å². The summed E-state index contributed by atoms with van der Waals surface area (Å²) in [7, 11) is 0.0199. The Morgan fingerprint density at radius 2 is 1.35 bits per heavy atom. The second kappa shape index (κ2) is 17.6. The third kappa shape index (κ3) is 15.3. The van der Waals surface area contributed by atoms with Crippen molar-refractivity contribution in [2.45, 2.75) is 43.9 Å². The number of carbonyl (C=O) groups is 1. The predicted octanol–water partition coefficient (Wildman–Crippen LogP) is -2.61. The maximum Gasteiger partial charge on any atom is 0.265 e. The number of hydrogen-bond donors (Lipinski definition) is 5. The average molecular weight is 562 g/mol. The Morgan fingerprint density at radius 1 is 0.838 bits per heavy atom. The van der Waals surface area contributed by atoms with E-state index >= 15 is 0 Å². The molecule has 1 aliphatic heterocycles. The maximum absolute atomic E-state index is 12.1. The van der Waals surface area contributed by atoms with E-state index in [-0.39, 0.29) is 18.9 Å². The van der Waals surface area contributed by atoms with Gasteiger partial charge in [0.1, 0.15) is 24.9 Å². The monoisotopic (exact) mass is 561 g/mol. The Balaban J connectivity index is 1.91.